The fraction of sp³-hybridized carbons (Fsp3) is 0.292. The van der Waals surface area contributed by atoms with E-state index in [4.69, 9.17) is 4.74 Å². The van der Waals surface area contributed by atoms with Crippen LogP contribution in [0, 0.1) is 5.82 Å². The summed E-state index contributed by atoms with van der Waals surface area (Å²) in [7, 11) is 0. The molecule has 0 bridgehead atoms. The molecule has 0 radical (unpaired) electrons. The molecule has 31 heavy (non-hydrogen) atoms. The summed E-state index contributed by atoms with van der Waals surface area (Å²) in [6.07, 6.45) is 0.624. The first-order chi connectivity index (χ1) is 15.0. The van der Waals surface area contributed by atoms with Crippen molar-refractivity contribution in [2.75, 3.05) is 13.2 Å². The lowest BCUT2D eigenvalue weighted by Crippen LogP contribution is -2.36. The van der Waals surface area contributed by atoms with Crippen LogP contribution in [0.5, 0.6) is 0 Å². The van der Waals surface area contributed by atoms with Crippen molar-refractivity contribution >= 4 is 11.9 Å². The zero-order chi connectivity index (χ0) is 22.0. The van der Waals surface area contributed by atoms with Crippen molar-refractivity contribution in [3.8, 4) is 11.1 Å². The Balaban J connectivity index is 1.61. The number of hydrogen-bond acceptors (Lipinski definition) is 4. The third-order valence-electron chi connectivity index (χ3n) is 5.48. The summed E-state index contributed by atoms with van der Waals surface area (Å²) in [5.74, 6) is -0.877. The van der Waals surface area contributed by atoms with Crippen molar-refractivity contribution in [3.05, 3.63) is 76.9 Å². The van der Waals surface area contributed by atoms with Crippen LogP contribution in [-0.2, 0) is 24.2 Å². The van der Waals surface area contributed by atoms with Crippen molar-refractivity contribution in [2.24, 2.45) is 0 Å². The van der Waals surface area contributed by atoms with E-state index >= 15 is 0 Å². The maximum atomic E-state index is 13.3. The normalized spacial score (nSPS) is 13.1. The number of fused-ring (bicyclic) bond motifs is 1. The Morgan fingerprint density at radius 1 is 1.10 bits per heavy atom. The molecule has 6 nitrogen and oxygen atoms in total. The molecule has 3 aromatic rings. The minimum atomic E-state index is -0.460. The summed E-state index contributed by atoms with van der Waals surface area (Å²) in [4.78, 5) is 27.4. The van der Waals surface area contributed by atoms with Gasteiger partial charge in [-0.2, -0.15) is 5.10 Å². The summed E-state index contributed by atoms with van der Waals surface area (Å²) in [5, 5.41) is 4.43. The highest BCUT2D eigenvalue weighted by atomic mass is 19.1. The smallest absolute Gasteiger partial charge is 0.359 e. The van der Waals surface area contributed by atoms with Gasteiger partial charge in [0.05, 0.1) is 13.2 Å². The van der Waals surface area contributed by atoms with Crippen LogP contribution in [0.2, 0.25) is 0 Å². The number of carbonyl (C=O) groups excluding carboxylic acids is 2. The number of esters is 1. The molecule has 4 rings (SSSR count). The van der Waals surface area contributed by atoms with Crippen molar-refractivity contribution in [3.63, 3.8) is 0 Å². The van der Waals surface area contributed by atoms with Gasteiger partial charge in [-0.05, 0) is 49.2 Å². The molecule has 0 fully saturated rings. The number of aromatic nitrogens is 2. The second kappa shape index (κ2) is 8.71. The zero-order valence-corrected chi connectivity index (χ0v) is 17.6. The average molecular weight is 421 g/mol. The van der Waals surface area contributed by atoms with Crippen LogP contribution >= 0.6 is 0 Å². The number of aryl methyl sites for hydroxylation is 1. The van der Waals surface area contributed by atoms with Gasteiger partial charge in [-0.1, -0.05) is 24.3 Å². The monoisotopic (exact) mass is 421 g/mol. The molecule has 0 spiro atoms. The summed E-state index contributed by atoms with van der Waals surface area (Å²) in [5.41, 5.74) is 4.26. The maximum absolute atomic E-state index is 13.3. The molecule has 1 amide bonds. The van der Waals surface area contributed by atoms with Gasteiger partial charge < -0.3 is 9.64 Å². The van der Waals surface area contributed by atoms with Gasteiger partial charge in [0.15, 0.2) is 5.69 Å². The fourth-order valence-electron chi connectivity index (χ4n) is 3.95. The first-order valence-electron chi connectivity index (χ1n) is 10.4. The van der Waals surface area contributed by atoms with Gasteiger partial charge in [0.1, 0.15) is 5.82 Å². The Morgan fingerprint density at radius 3 is 2.58 bits per heavy atom. The van der Waals surface area contributed by atoms with Crippen molar-refractivity contribution in [2.45, 2.75) is 33.4 Å². The third kappa shape index (κ3) is 4.08. The quantitative estimate of drug-likeness (QED) is 0.582. The summed E-state index contributed by atoms with van der Waals surface area (Å²) in [6, 6.07) is 13.5. The Morgan fingerprint density at radius 2 is 1.87 bits per heavy atom. The lowest BCUT2D eigenvalue weighted by molar-refractivity contribution is 0.0513. The van der Waals surface area contributed by atoms with E-state index in [0.29, 0.717) is 31.6 Å². The van der Waals surface area contributed by atoms with Gasteiger partial charge in [0.25, 0.3) is 5.91 Å². The first kappa shape index (κ1) is 20.8. The van der Waals surface area contributed by atoms with Crippen LogP contribution in [0.3, 0.4) is 0 Å². The lowest BCUT2D eigenvalue weighted by Gasteiger charge is -2.28. The number of halogens is 1. The number of hydrogen-bond donors (Lipinski definition) is 0. The third-order valence-corrected chi connectivity index (χ3v) is 5.48. The van der Waals surface area contributed by atoms with Crippen LogP contribution in [0.1, 0.15) is 46.0 Å². The van der Waals surface area contributed by atoms with Gasteiger partial charge in [0, 0.05) is 36.3 Å². The Hall–Kier alpha value is -3.48. The van der Waals surface area contributed by atoms with E-state index in [2.05, 4.69) is 5.10 Å². The highest BCUT2D eigenvalue weighted by molar-refractivity contribution is 5.96. The molecule has 0 atom stereocenters. The number of rotatable bonds is 5. The largest absolute Gasteiger partial charge is 0.461 e. The minimum Gasteiger partial charge on any atom is -0.461 e. The minimum absolute atomic E-state index is 0.117. The van der Waals surface area contributed by atoms with Gasteiger partial charge in [-0.3, -0.25) is 9.48 Å². The average Bonchev–Trinajstić information content (AvgIpc) is 3.17. The molecule has 160 valence electrons. The van der Waals surface area contributed by atoms with Crippen LogP contribution in [-0.4, -0.2) is 39.7 Å². The van der Waals surface area contributed by atoms with E-state index < -0.39 is 5.97 Å². The van der Waals surface area contributed by atoms with E-state index in [0.717, 1.165) is 22.4 Å². The molecule has 7 heteroatoms. The fourth-order valence-corrected chi connectivity index (χ4v) is 3.95. The topological polar surface area (TPSA) is 64.4 Å². The van der Waals surface area contributed by atoms with Crippen LogP contribution < -0.4 is 0 Å². The molecule has 0 N–H and O–H groups in total. The van der Waals surface area contributed by atoms with E-state index in [1.807, 2.05) is 29.8 Å². The number of nitrogens with zero attached hydrogens (tertiary/aromatic N) is 3. The first-order valence-corrected chi connectivity index (χ1v) is 10.4. The molecule has 0 unspecified atom stereocenters. The van der Waals surface area contributed by atoms with E-state index in [1.165, 1.54) is 12.1 Å². The second-order valence-corrected chi connectivity index (χ2v) is 7.37. The predicted octanol–water partition coefficient (Wildman–Crippen LogP) is 4.08. The number of benzene rings is 2. The van der Waals surface area contributed by atoms with Crippen molar-refractivity contribution in [1.29, 1.82) is 0 Å². The summed E-state index contributed by atoms with van der Waals surface area (Å²) in [6.45, 7) is 5.50. The standard InChI is InChI=1S/C24H24FN3O3/c1-3-28-21-12-13-27(15-20(21)22(26-28)24(30)31-4-2)23(29)18-7-5-6-17(14-18)16-8-10-19(25)11-9-16/h5-11,14H,3-4,12-13,15H2,1-2H3. The van der Waals surface area contributed by atoms with Gasteiger partial charge in [-0.25, -0.2) is 9.18 Å². The Labute approximate surface area is 180 Å². The summed E-state index contributed by atoms with van der Waals surface area (Å²) >= 11 is 0. The molecular formula is C24H24FN3O3. The van der Waals surface area contributed by atoms with E-state index in [9.17, 15) is 14.0 Å². The van der Waals surface area contributed by atoms with Crippen LogP contribution in [0.15, 0.2) is 48.5 Å². The van der Waals surface area contributed by atoms with Gasteiger partial charge in [-0.15, -0.1) is 0 Å². The second-order valence-electron chi connectivity index (χ2n) is 7.37. The summed E-state index contributed by atoms with van der Waals surface area (Å²) < 4.78 is 20.2. The molecule has 0 saturated heterocycles. The van der Waals surface area contributed by atoms with Gasteiger partial charge in [0.2, 0.25) is 0 Å². The number of ether oxygens (including phenoxy) is 1. The molecule has 1 aliphatic rings. The molecule has 1 aliphatic heterocycles. The maximum Gasteiger partial charge on any atom is 0.359 e. The molecule has 2 aromatic carbocycles. The number of carbonyl (C=O) groups is 2. The van der Waals surface area contributed by atoms with Crippen molar-refractivity contribution < 1.29 is 18.7 Å². The Kier molecular flexibility index (Phi) is 5.84. The van der Waals surface area contributed by atoms with Crippen LogP contribution in [0.4, 0.5) is 4.39 Å². The Bertz CT molecular complexity index is 1120. The molecule has 2 heterocycles. The molecule has 0 aliphatic carbocycles. The zero-order valence-electron chi connectivity index (χ0n) is 17.6. The number of amides is 1. The van der Waals surface area contributed by atoms with E-state index in [-0.39, 0.29) is 24.0 Å². The van der Waals surface area contributed by atoms with Crippen LogP contribution in [0.25, 0.3) is 11.1 Å². The van der Waals surface area contributed by atoms with Crippen molar-refractivity contribution in [1.82, 2.24) is 14.7 Å². The van der Waals surface area contributed by atoms with Gasteiger partial charge >= 0.3 is 5.97 Å². The SMILES string of the molecule is CCOC(=O)c1nn(CC)c2c1CN(C(=O)c1cccc(-c3ccc(F)cc3)c1)CC2. The molecule has 1 aromatic heterocycles. The highest BCUT2D eigenvalue weighted by Crippen LogP contribution is 2.26. The van der Waals surface area contributed by atoms with E-state index in [1.54, 1.807) is 30.0 Å². The predicted molar refractivity (Wildman–Crippen MR) is 114 cm³/mol. The lowest BCUT2D eigenvalue weighted by atomic mass is 10.0. The highest BCUT2D eigenvalue weighted by Gasteiger charge is 2.30. The molecule has 0 saturated carbocycles. The molecular weight excluding hydrogens is 397 g/mol.